The van der Waals surface area contributed by atoms with E-state index < -0.39 is 0 Å². The standard InChI is InChI=1S/C15H15FINO/c1-2-18-10-11-4-3-5-14(16)15(11)19-13-8-6-12(17)7-9-13/h3-9,18H,2,10H2,1H3. The lowest BCUT2D eigenvalue weighted by molar-refractivity contribution is 0.434. The first-order chi connectivity index (χ1) is 9.20. The van der Waals surface area contributed by atoms with Crippen LogP contribution in [0.1, 0.15) is 12.5 Å². The maximum absolute atomic E-state index is 13.9. The van der Waals surface area contributed by atoms with E-state index in [9.17, 15) is 4.39 Å². The zero-order chi connectivity index (χ0) is 13.7. The molecule has 2 rings (SSSR count). The average molecular weight is 371 g/mol. The summed E-state index contributed by atoms with van der Waals surface area (Å²) in [7, 11) is 0. The van der Waals surface area contributed by atoms with Gasteiger partial charge in [0.1, 0.15) is 5.75 Å². The molecule has 0 aliphatic carbocycles. The van der Waals surface area contributed by atoms with Crippen molar-refractivity contribution >= 4 is 22.6 Å². The molecule has 100 valence electrons. The Hall–Kier alpha value is -1.14. The smallest absolute Gasteiger partial charge is 0.167 e. The highest BCUT2D eigenvalue weighted by Crippen LogP contribution is 2.28. The Morgan fingerprint density at radius 1 is 1.16 bits per heavy atom. The molecule has 0 saturated carbocycles. The lowest BCUT2D eigenvalue weighted by Gasteiger charge is -2.12. The predicted octanol–water partition coefficient (Wildman–Crippen LogP) is 4.33. The second kappa shape index (κ2) is 6.86. The zero-order valence-electron chi connectivity index (χ0n) is 10.6. The summed E-state index contributed by atoms with van der Waals surface area (Å²) in [5, 5.41) is 3.18. The van der Waals surface area contributed by atoms with Crippen molar-refractivity contribution in [1.29, 1.82) is 0 Å². The van der Waals surface area contributed by atoms with E-state index in [1.54, 1.807) is 6.07 Å². The summed E-state index contributed by atoms with van der Waals surface area (Å²) < 4.78 is 20.7. The molecule has 1 N–H and O–H groups in total. The second-order valence-corrected chi connectivity index (χ2v) is 5.31. The highest BCUT2D eigenvalue weighted by molar-refractivity contribution is 14.1. The van der Waals surface area contributed by atoms with Gasteiger partial charge in [0.15, 0.2) is 11.6 Å². The van der Waals surface area contributed by atoms with Crippen LogP contribution in [-0.4, -0.2) is 6.54 Å². The minimum atomic E-state index is -0.339. The van der Waals surface area contributed by atoms with Gasteiger partial charge in [-0.15, -0.1) is 0 Å². The highest BCUT2D eigenvalue weighted by Gasteiger charge is 2.10. The minimum absolute atomic E-state index is 0.296. The first kappa shape index (κ1) is 14.3. The van der Waals surface area contributed by atoms with Crippen LogP contribution in [0, 0.1) is 9.39 Å². The van der Waals surface area contributed by atoms with Gasteiger partial charge in [0, 0.05) is 15.7 Å². The molecule has 19 heavy (non-hydrogen) atoms. The second-order valence-electron chi connectivity index (χ2n) is 4.06. The van der Waals surface area contributed by atoms with E-state index in [1.165, 1.54) is 6.07 Å². The van der Waals surface area contributed by atoms with Gasteiger partial charge in [0.05, 0.1) is 0 Å². The number of rotatable bonds is 5. The lowest BCUT2D eigenvalue weighted by atomic mass is 10.2. The van der Waals surface area contributed by atoms with Gasteiger partial charge < -0.3 is 10.1 Å². The molecule has 0 spiro atoms. The summed E-state index contributed by atoms with van der Waals surface area (Å²) in [5.41, 5.74) is 0.820. The topological polar surface area (TPSA) is 21.3 Å². The fourth-order valence-electron chi connectivity index (χ4n) is 1.69. The molecule has 0 radical (unpaired) electrons. The van der Waals surface area contributed by atoms with Crippen LogP contribution in [0.15, 0.2) is 42.5 Å². The number of para-hydroxylation sites is 1. The normalized spacial score (nSPS) is 10.5. The molecule has 0 amide bonds. The van der Waals surface area contributed by atoms with Crippen molar-refractivity contribution in [2.45, 2.75) is 13.5 Å². The summed E-state index contributed by atoms with van der Waals surface area (Å²) in [6, 6.07) is 12.5. The molecule has 0 bridgehead atoms. The summed E-state index contributed by atoms with van der Waals surface area (Å²) in [6.45, 7) is 3.44. The predicted molar refractivity (Wildman–Crippen MR) is 83.0 cm³/mol. The van der Waals surface area contributed by atoms with Crippen LogP contribution in [0.3, 0.4) is 0 Å². The van der Waals surface area contributed by atoms with E-state index in [2.05, 4.69) is 27.9 Å². The Balaban J connectivity index is 2.25. The number of nitrogens with one attached hydrogen (secondary N) is 1. The Bertz CT molecular complexity index is 542. The van der Waals surface area contributed by atoms with Crippen molar-refractivity contribution in [3.05, 3.63) is 57.4 Å². The monoisotopic (exact) mass is 371 g/mol. The van der Waals surface area contributed by atoms with Crippen molar-refractivity contribution < 1.29 is 9.13 Å². The van der Waals surface area contributed by atoms with Gasteiger partial charge in [-0.3, -0.25) is 0 Å². The molecule has 2 aromatic carbocycles. The van der Waals surface area contributed by atoms with Crippen molar-refractivity contribution in [1.82, 2.24) is 5.32 Å². The maximum Gasteiger partial charge on any atom is 0.167 e. The van der Waals surface area contributed by atoms with E-state index >= 15 is 0 Å². The van der Waals surface area contributed by atoms with Crippen LogP contribution in [0.4, 0.5) is 4.39 Å². The number of halogens is 2. The van der Waals surface area contributed by atoms with Crippen LogP contribution in [-0.2, 0) is 6.54 Å². The van der Waals surface area contributed by atoms with Gasteiger partial charge in [-0.1, -0.05) is 19.1 Å². The zero-order valence-corrected chi connectivity index (χ0v) is 12.8. The molecular weight excluding hydrogens is 356 g/mol. The molecule has 0 aromatic heterocycles. The third-order valence-electron chi connectivity index (χ3n) is 2.65. The van der Waals surface area contributed by atoms with Crippen LogP contribution >= 0.6 is 22.6 Å². The fourth-order valence-corrected chi connectivity index (χ4v) is 2.05. The molecule has 0 unspecified atom stereocenters. The van der Waals surface area contributed by atoms with E-state index in [4.69, 9.17) is 4.74 Å². The van der Waals surface area contributed by atoms with E-state index in [0.29, 0.717) is 18.0 Å². The van der Waals surface area contributed by atoms with Crippen molar-refractivity contribution in [3.63, 3.8) is 0 Å². The van der Waals surface area contributed by atoms with Crippen LogP contribution in [0.25, 0.3) is 0 Å². The maximum atomic E-state index is 13.9. The van der Waals surface area contributed by atoms with E-state index in [0.717, 1.165) is 15.7 Å². The Labute approximate surface area is 126 Å². The van der Waals surface area contributed by atoms with Gasteiger partial charge >= 0.3 is 0 Å². The molecule has 2 nitrogen and oxygen atoms in total. The van der Waals surface area contributed by atoms with E-state index in [1.807, 2.05) is 37.3 Å². The quantitative estimate of drug-likeness (QED) is 0.790. The van der Waals surface area contributed by atoms with Crippen LogP contribution in [0.5, 0.6) is 11.5 Å². The Kier molecular flexibility index (Phi) is 5.15. The first-order valence-corrected chi connectivity index (χ1v) is 7.20. The third kappa shape index (κ3) is 3.91. The van der Waals surface area contributed by atoms with Gasteiger partial charge in [0.2, 0.25) is 0 Å². The molecule has 4 heteroatoms. The summed E-state index contributed by atoms with van der Waals surface area (Å²) in [5.74, 6) is 0.599. The molecule has 2 aromatic rings. The molecule has 0 aliphatic rings. The van der Waals surface area contributed by atoms with Gasteiger partial charge in [-0.2, -0.15) is 0 Å². The van der Waals surface area contributed by atoms with Crippen LogP contribution < -0.4 is 10.1 Å². The van der Waals surface area contributed by atoms with Crippen LogP contribution in [0.2, 0.25) is 0 Å². The Morgan fingerprint density at radius 3 is 2.58 bits per heavy atom. The molecule has 0 saturated heterocycles. The number of ether oxygens (including phenoxy) is 1. The molecule has 0 atom stereocenters. The summed E-state index contributed by atoms with van der Waals surface area (Å²) >= 11 is 2.22. The molecule has 0 fully saturated rings. The van der Waals surface area contributed by atoms with Crippen molar-refractivity contribution in [2.75, 3.05) is 6.54 Å². The highest BCUT2D eigenvalue weighted by atomic mass is 127. The molecule has 0 aliphatic heterocycles. The van der Waals surface area contributed by atoms with Crippen molar-refractivity contribution in [2.24, 2.45) is 0 Å². The minimum Gasteiger partial charge on any atom is -0.454 e. The van der Waals surface area contributed by atoms with Gasteiger partial charge in [-0.25, -0.2) is 4.39 Å². The Morgan fingerprint density at radius 2 is 1.89 bits per heavy atom. The largest absolute Gasteiger partial charge is 0.454 e. The average Bonchev–Trinajstić information content (AvgIpc) is 2.42. The molecular formula is C15H15FINO. The third-order valence-corrected chi connectivity index (χ3v) is 3.37. The fraction of sp³-hybridized carbons (Fsp3) is 0.200. The number of benzene rings is 2. The SMILES string of the molecule is CCNCc1cccc(F)c1Oc1ccc(I)cc1. The van der Waals surface area contributed by atoms with Crippen molar-refractivity contribution in [3.8, 4) is 11.5 Å². The summed E-state index contributed by atoms with van der Waals surface area (Å²) in [4.78, 5) is 0. The van der Waals surface area contributed by atoms with Gasteiger partial charge in [0.25, 0.3) is 0 Å². The summed E-state index contributed by atoms with van der Waals surface area (Å²) in [6.07, 6.45) is 0. The number of hydrogen-bond donors (Lipinski definition) is 1. The molecule has 0 heterocycles. The van der Waals surface area contributed by atoms with Gasteiger partial charge in [-0.05, 0) is 59.5 Å². The lowest BCUT2D eigenvalue weighted by Crippen LogP contribution is -2.12. The number of hydrogen-bond acceptors (Lipinski definition) is 2. The van der Waals surface area contributed by atoms with E-state index in [-0.39, 0.29) is 5.82 Å². The first-order valence-electron chi connectivity index (χ1n) is 6.12.